The highest BCUT2D eigenvalue weighted by Crippen LogP contribution is 2.08. The van der Waals surface area contributed by atoms with E-state index >= 15 is 0 Å². The summed E-state index contributed by atoms with van der Waals surface area (Å²) in [6.45, 7) is 0. The maximum atomic E-state index is 5.41. The molecule has 0 amide bonds. The predicted molar refractivity (Wildman–Crippen MR) is 46.6 cm³/mol. The molecule has 0 bridgehead atoms. The molecule has 2 nitrogen and oxygen atoms in total. The molecule has 0 fully saturated rings. The summed E-state index contributed by atoms with van der Waals surface area (Å²) in [6.07, 6.45) is 0. The van der Waals surface area contributed by atoms with Gasteiger partial charge in [-0.15, -0.1) is 0 Å². The van der Waals surface area contributed by atoms with E-state index in [4.69, 9.17) is 11.5 Å². The fourth-order valence-electron chi connectivity index (χ4n) is 0.727. The Hall–Kier alpha value is -0.430. The number of hydrogen-bond donors (Lipinski definition) is 2. The molecule has 1 aromatic carbocycles. The van der Waals surface area contributed by atoms with Crippen molar-refractivity contribution in [2.75, 3.05) is 0 Å². The van der Waals surface area contributed by atoms with Crippen molar-refractivity contribution >= 4 is 13.9 Å². The van der Waals surface area contributed by atoms with Crippen molar-refractivity contribution in [3.8, 4) is 0 Å². The van der Waals surface area contributed by atoms with E-state index in [-0.39, 0.29) is 5.91 Å². The average Bonchev–Trinajstić information content (AvgIpc) is 1.88. The van der Waals surface area contributed by atoms with E-state index in [1.54, 1.807) is 0 Å². The summed E-state index contributed by atoms with van der Waals surface area (Å²) < 4.78 is 0. The summed E-state index contributed by atoms with van der Waals surface area (Å²) in [5, 5.41) is 1.22. The molecule has 0 aromatic heterocycles. The van der Waals surface area contributed by atoms with E-state index < -0.39 is 0 Å². The van der Waals surface area contributed by atoms with Crippen LogP contribution in [0.5, 0.6) is 0 Å². The highest BCUT2D eigenvalue weighted by molar-refractivity contribution is 7.47. The molecule has 4 N–H and O–H groups in total. The third-order valence-corrected chi connectivity index (χ3v) is 2.11. The van der Waals surface area contributed by atoms with Crippen LogP contribution in [0.4, 0.5) is 0 Å². The van der Waals surface area contributed by atoms with Crippen molar-refractivity contribution in [3.05, 3.63) is 30.3 Å². The van der Waals surface area contributed by atoms with Crippen molar-refractivity contribution < 1.29 is 0 Å². The largest absolute Gasteiger partial charge is 0.312 e. The van der Waals surface area contributed by atoms with Gasteiger partial charge in [0.05, 0.1) is 5.91 Å². The standard InChI is InChI=1S/C7H11N2P/c8-7(9)10-6-4-2-1-3-5-6/h1-5,7,10H,8-9H2. The minimum atomic E-state index is -0.206. The highest BCUT2D eigenvalue weighted by atomic mass is 31.1. The Bertz CT molecular complexity index is 186. The van der Waals surface area contributed by atoms with E-state index in [1.165, 1.54) is 5.30 Å². The maximum absolute atomic E-state index is 5.41. The van der Waals surface area contributed by atoms with Crippen molar-refractivity contribution in [3.63, 3.8) is 0 Å². The number of benzene rings is 1. The Morgan fingerprint density at radius 1 is 1.10 bits per heavy atom. The van der Waals surface area contributed by atoms with Gasteiger partial charge in [0.15, 0.2) is 0 Å². The van der Waals surface area contributed by atoms with Gasteiger partial charge >= 0.3 is 0 Å². The Morgan fingerprint density at radius 3 is 2.20 bits per heavy atom. The van der Waals surface area contributed by atoms with Crippen LogP contribution in [0, 0.1) is 0 Å². The van der Waals surface area contributed by atoms with Gasteiger partial charge < -0.3 is 11.5 Å². The predicted octanol–water partition coefficient (Wildman–Crippen LogP) is 0.191. The molecule has 1 unspecified atom stereocenters. The fraction of sp³-hybridized carbons (Fsp3) is 0.143. The molecule has 3 heteroatoms. The summed E-state index contributed by atoms with van der Waals surface area (Å²) in [7, 11) is 0.516. The summed E-state index contributed by atoms with van der Waals surface area (Å²) >= 11 is 0. The molecular weight excluding hydrogens is 143 g/mol. The maximum Gasteiger partial charge on any atom is 0.0735 e. The first kappa shape index (κ1) is 7.67. The third kappa shape index (κ3) is 2.44. The van der Waals surface area contributed by atoms with E-state index in [0.29, 0.717) is 8.58 Å². The SMILES string of the molecule is NC(N)Pc1ccccc1. The first-order valence-electron chi connectivity index (χ1n) is 3.12. The van der Waals surface area contributed by atoms with E-state index in [2.05, 4.69) is 0 Å². The molecule has 0 saturated heterocycles. The Kier molecular flexibility index (Phi) is 2.82. The Balaban J connectivity index is 2.59. The third-order valence-electron chi connectivity index (χ3n) is 1.11. The van der Waals surface area contributed by atoms with Crippen molar-refractivity contribution in [2.45, 2.75) is 5.91 Å². The highest BCUT2D eigenvalue weighted by Gasteiger charge is 1.93. The first-order chi connectivity index (χ1) is 4.79. The van der Waals surface area contributed by atoms with Gasteiger partial charge in [-0.1, -0.05) is 38.9 Å². The van der Waals surface area contributed by atoms with Crippen molar-refractivity contribution in [1.29, 1.82) is 0 Å². The molecular formula is C7H11N2P. The molecule has 1 atom stereocenters. The van der Waals surface area contributed by atoms with Gasteiger partial charge in [0, 0.05) is 0 Å². The van der Waals surface area contributed by atoms with Crippen LogP contribution in [-0.2, 0) is 0 Å². The zero-order valence-electron chi connectivity index (χ0n) is 5.62. The number of nitrogens with two attached hydrogens (primary N) is 2. The molecule has 0 aliphatic heterocycles. The lowest BCUT2D eigenvalue weighted by atomic mass is 10.4. The van der Waals surface area contributed by atoms with Crippen LogP contribution in [0.1, 0.15) is 0 Å². The van der Waals surface area contributed by atoms with Crippen molar-refractivity contribution in [2.24, 2.45) is 11.5 Å². The molecule has 0 aliphatic rings. The lowest BCUT2D eigenvalue weighted by molar-refractivity contribution is 0.985. The van der Waals surface area contributed by atoms with Crippen LogP contribution in [0.2, 0.25) is 0 Å². The quantitative estimate of drug-likeness (QED) is 0.472. The van der Waals surface area contributed by atoms with E-state index in [9.17, 15) is 0 Å². The van der Waals surface area contributed by atoms with E-state index in [0.717, 1.165) is 0 Å². The smallest absolute Gasteiger partial charge is 0.0735 e. The molecule has 0 heterocycles. The van der Waals surface area contributed by atoms with Crippen LogP contribution in [0.25, 0.3) is 0 Å². The summed E-state index contributed by atoms with van der Waals surface area (Å²) in [4.78, 5) is 0. The second-order valence-corrected chi connectivity index (χ2v) is 3.57. The summed E-state index contributed by atoms with van der Waals surface area (Å²) in [5.74, 6) is -0.206. The second-order valence-electron chi connectivity index (χ2n) is 2.04. The summed E-state index contributed by atoms with van der Waals surface area (Å²) in [5.41, 5.74) is 10.8. The normalized spacial score (nSPS) is 11.5. The van der Waals surface area contributed by atoms with Crippen LogP contribution in [0.15, 0.2) is 30.3 Å². The zero-order chi connectivity index (χ0) is 7.40. The molecule has 0 spiro atoms. The van der Waals surface area contributed by atoms with Crippen LogP contribution in [-0.4, -0.2) is 5.91 Å². The van der Waals surface area contributed by atoms with Gasteiger partial charge in [0.25, 0.3) is 0 Å². The van der Waals surface area contributed by atoms with Gasteiger partial charge in [-0.3, -0.25) is 0 Å². The molecule has 1 aromatic rings. The first-order valence-corrected chi connectivity index (χ1v) is 4.19. The lowest BCUT2D eigenvalue weighted by Crippen LogP contribution is -2.26. The Labute approximate surface area is 62.4 Å². The van der Waals surface area contributed by atoms with E-state index in [1.807, 2.05) is 30.3 Å². The fourth-order valence-corrected chi connectivity index (χ4v) is 1.50. The average molecular weight is 154 g/mol. The van der Waals surface area contributed by atoms with Crippen molar-refractivity contribution in [1.82, 2.24) is 0 Å². The monoisotopic (exact) mass is 154 g/mol. The second kappa shape index (κ2) is 3.67. The van der Waals surface area contributed by atoms with Gasteiger partial charge in [-0.2, -0.15) is 0 Å². The molecule has 0 radical (unpaired) electrons. The van der Waals surface area contributed by atoms with Gasteiger partial charge in [0.2, 0.25) is 0 Å². The zero-order valence-corrected chi connectivity index (χ0v) is 6.62. The van der Waals surface area contributed by atoms with Crippen LogP contribution >= 0.6 is 8.58 Å². The Morgan fingerprint density at radius 2 is 1.70 bits per heavy atom. The van der Waals surface area contributed by atoms with Gasteiger partial charge in [0.1, 0.15) is 0 Å². The van der Waals surface area contributed by atoms with Gasteiger partial charge in [-0.05, 0) is 5.30 Å². The number of hydrogen-bond acceptors (Lipinski definition) is 2. The molecule has 0 aliphatic carbocycles. The molecule has 0 saturated carbocycles. The minimum Gasteiger partial charge on any atom is -0.312 e. The van der Waals surface area contributed by atoms with Gasteiger partial charge in [-0.25, -0.2) is 0 Å². The number of rotatable bonds is 2. The summed E-state index contributed by atoms with van der Waals surface area (Å²) in [6, 6.07) is 10.0. The molecule has 54 valence electrons. The van der Waals surface area contributed by atoms with Crippen LogP contribution < -0.4 is 16.8 Å². The lowest BCUT2D eigenvalue weighted by Gasteiger charge is -2.03. The van der Waals surface area contributed by atoms with Crippen LogP contribution in [0.3, 0.4) is 0 Å². The molecule has 10 heavy (non-hydrogen) atoms. The molecule has 1 rings (SSSR count). The minimum absolute atomic E-state index is 0.206. The topological polar surface area (TPSA) is 52.0 Å².